The van der Waals surface area contributed by atoms with Crippen LogP contribution in [0.4, 0.5) is 0 Å². The molecule has 0 spiro atoms. The van der Waals surface area contributed by atoms with Gasteiger partial charge in [-0.05, 0) is 39.2 Å². The SMILES string of the molecule is CCNC(=NCCCOC1CCCCC1)NCCCN1CCOCC1. The maximum atomic E-state index is 5.96. The molecule has 6 heteroatoms. The highest BCUT2D eigenvalue weighted by atomic mass is 16.5. The molecule has 0 aromatic carbocycles. The fourth-order valence-corrected chi connectivity index (χ4v) is 3.41. The standard InChI is InChI=1S/C19H38N4O2/c1-2-20-19(21-10-6-12-23-13-16-24-17-14-23)22-11-7-15-25-18-8-4-3-5-9-18/h18H,2-17H2,1H3,(H2,20,21,22). The lowest BCUT2D eigenvalue weighted by molar-refractivity contribution is 0.0281. The first-order valence-electron chi connectivity index (χ1n) is 10.3. The molecule has 0 amide bonds. The van der Waals surface area contributed by atoms with Crippen LogP contribution >= 0.6 is 0 Å². The number of hydrogen-bond acceptors (Lipinski definition) is 4. The van der Waals surface area contributed by atoms with Crippen LogP contribution in [0.1, 0.15) is 51.9 Å². The second kappa shape index (κ2) is 13.4. The Hall–Kier alpha value is -0.850. The molecule has 2 fully saturated rings. The minimum atomic E-state index is 0.504. The van der Waals surface area contributed by atoms with Gasteiger partial charge in [0.05, 0.1) is 19.3 Å². The summed E-state index contributed by atoms with van der Waals surface area (Å²) in [6.07, 6.45) is 9.18. The van der Waals surface area contributed by atoms with E-state index >= 15 is 0 Å². The fraction of sp³-hybridized carbons (Fsp3) is 0.947. The minimum Gasteiger partial charge on any atom is -0.379 e. The fourth-order valence-electron chi connectivity index (χ4n) is 3.41. The monoisotopic (exact) mass is 354 g/mol. The van der Waals surface area contributed by atoms with Crippen LogP contribution in [0.3, 0.4) is 0 Å². The van der Waals surface area contributed by atoms with Gasteiger partial charge in [0.25, 0.3) is 0 Å². The topological polar surface area (TPSA) is 58.1 Å². The van der Waals surface area contributed by atoms with E-state index in [4.69, 9.17) is 9.47 Å². The predicted octanol–water partition coefficient (Wildman–Crippen LogP) is 2.00. The molecule has 25 heavy (non-hydrogen) atoms. The number of aliphatic imine (C=N–C) groups is 1. The van der Waals surface area contributed by atoms with E-state index in [2.05, 4.69) is 27.4 Å². The number of ether oxygens (including phenoxy) is 2. The van der Waals surface area contributed by atoms with Crippen molar-refractivity contribution in [2.24, 2.45) is 4.99 Å². The Labute approximate surface area is 153 Å². The average Bonchev–Trinajstić information content (AvgIpc) is 2.66. The number of nitrogens with zero attached hydrogens (tertiary/aromatic N) is 2. The molecule has 1 heterocycles. The van der Waals surface area contributed by atoms with Crippen LogP contribution in [-0.2, 0) is 9.47 Å². The summed E-state index contributed by atoms with van der Waals surface area (Å²) in [6.45, 7) is 10.6. The van der Waals surface area contributed by atoms with Gasteiger partial charge in [-0.3, -0.25) is 9.89 Å². The first-order chi connectivity index (χ1) is 12.4. The molecule has 0 atom stereocenters. The second-order valence-corrected chi connectivity index (χ2v) is 6.98. The van der Waals surface area contributed by atoms with Gasteiger partial charge in [-0.25, -0.2) is 0 Å². The van der Waals surface area contributed by atoms with Gasteiger partial charge < -0.3 is 20.1 Å². The first kappa shape index (κ1) is 20.5. The van der Waals surface area contributed by atoms with Crippen molar-refractivity contribution in [2.75, 3.05) is 59.1 Å². The molecule has 1 saturated carbocycles. The van der Waals surface area contributed by atoms with Gasteiger partial charge in [-0.15, -0.1) is 0 Å². The number of guanidine groups is 1. The average molecular weight is 355 g/mol. The summed E-state index contributed by atoms with van der Waals surface area (Å²) in [5.74, 6) is 0.933. The third-order valence-corrected chi connectivity index (χ3v) is 4.87. The predicted molar refractivity (Wildman–Crippen MR) is 103 cm³/mol. The summed E-state index contributed by atoms with van der Waals surface area (Å²) >= 11 is 0. The Kier molecular flexibility index (Phi) is 10.9. The Morgan fingerprint density at radius 2 is 1.92 bits per heavy atom. The van der Waals surface area contributed by atoms with Gasteiger partial charge in [0.15, 0.2) is 5.96 Å². The normalized spacial score (nSPS) is 20.6. The van der Waals surface area contributed by atoms with E-state index in [1.165, 1.54) is 32.1 Å². The zero-order valence-electron chi connectivity index (χ0n) is 16.1. The van der Waals surface area contributed by atoms with Gasteiger partial charge in [0.2, 0.25) is 0 Å². The molecule has 2 N–H and O–H groups in total. The highest BCUT2D eigenvalue weighted by Crippen LogP contribution is 2.20. The zero-order valence-corrected chi connectivity index (χ0v) is 16.1. The van der Waals surface area contributed by atoms with Crippen LogP contribution in [0, 0.1) is 0 Å². The largest absolute Gasteiger partial charge is 0.379 e. The Balaban J connectivity index is 1.52. The molecule has 0 unspecified atom stereocenters. The third-order valence-electron chi connectivity index (χ3n) is 4.87. The summed E-state index contributed by atoms with van der Waals surface area (Å²) in [5.41, 5.74) is 0. The van der Waals surface area contributed by atoms with Crippen LogP contribution in [0.15, 0.2) is 4.99 Å². The molecule has 2 aliphatic rings. The molecule has 0 radical (unpaired) electrons. The van der Waals surface area contributed by atoms with Gasteiger partial charge in [-0.2, -0.15) is 0 Å². The molecule has 1 aliphatic heterocycles. The van der Waals surface area contributed by atoms with E-state index in [0.717, 1.165) is 77.9 Å². The van der Waals surface area contributed by atoms with Gasteiger partial charge in [0.1, 0.15) is 0 Å². The van der Waals surface area contributed by atoms with Crippen LogP contribution in [0.2, 0.25) is 0 Å². The van der Waals surface area contributed by atoms with Crippen LogP contribution in [-0.4, -0.2) is 76.1 Å². The van der Waals surface area contributed by atoms with Gasteiger partial charge >= 0.3 is 0 Å². The summed E-state index contributed by atoms with van der Waals surface area (Å²) in [4.78, 5) is 7.13. The molecule has 0 aromatic rings. The number of nitrogens with one attached hydrogen (secondary N) is 2. The highest BCUT2D eigenvalue weighted by Gasteiger charge is 2.13. The summed E-state index contributed by atoms with van der Waals surface area (Å²) in [6, 6.07) is 0. The van der Waals surface area contributed by atoms with Crippen molar-refractivity contribution < 1.29 is 9.47 Å². The van der Waals surface area contributed by atoms with Crippen molar-refractivity contribution in [1.29, 1.82) is 0 Å². The molecule has 146 valence electrons. The third kappa shape index (κ3) is 9.42. The van der Waals surface area contributed by atoms with Crippen molar-refractivity contribution in [2.45, 2.75) is 58.0 Å². The summed E-state index contributed by atoms with van der Waals surface area (Å²) in [7, 11) is 0. The number of rotatable bonds is 10. The minimum absolute atomic E-state index is 0.504. The summed E-state index contributed by atoms with van der Waals surface area (Å²) in [5, 5.41) is 6.77. The molecular weight excluding hydrogens is 316 g/mol. The van der Waals surface area contributed by atoms with E-state index in [1.54, 1.807) is 0 Å². The quantitative estimate of drug-likeness (QED) is 0.357. The number of hydrogen-bond donors (Lipinski definition) is 2. The van der Waals surface area contributed by atoms with E-state index in [-0.39, 0.29) is 0 Å². The van der Waals surface area contributed by atoms with Crippen molar-refractivity contribution in [3.05, 3.63) is 0 Å². The molecule has 1 saturated heterocycles. The number of morpholine rings is 1. The van der Waals surface area contributed by atoms with Gasteiger partial charge in [-0.1, -0.05) is 19.3 Å². The van der Waals surface area contributed by atoms with Crippen molar-refractivity contribution >= 4 is 5.96 Å². The van der Waals surface area contributed by atoms with E-state index in [1.807, 2.05) is 0 Å². The van der Waals surface area contributed by atoms with Crippen LogP contribution in [0.25, 0.3) is 0 Å². The molecule has 0 bridgehead atoms. The zero-order chi connectivity index (χ0) is 17.6. The maximum Gasteiger partial charge on any atom is 0.191 e. The Morgan fingerprint density at radius 1 is 1.12 bits per heavy atom. The molecule has 1 aliphatic carbocycles. The lowest BCUT2D eigenvalue weighted by Crippen LogP contribution is -2.40. The molecule has 0 aromatic heterocycles. The van der Waals surface area contributed by atoms with E-state index in [0.29, 0.717) is 6.10 Å². The smallest absolute Gasteiger partial charge is 0.191 e. The second-order valence-electron chi connectivity index (χ2n) is 6.98. The molecular formula is C19H38N4O2. The van der Waals surface area contributed by atoms with Gasteiger partial charge in [0, 0.05) is 39.3 Å². The molecule has 6 nitrogen and oxygen atoms in total. The maximum absolute atomic E-state index is 5.96. The van der Waals surface area contributed by atoms with E-state index < -0.39 is 0 Å². The lowest BCUT2D eigenvalue weighted by Gasteiger charge is -2.26. The van der Waals surface area contributed by atoms with Crippen molar-refractivity contribution in [1.82, 2.24) is 15.5 Å². The highest BCUT2D eigenvalue weighted by molar-refractivity contribution is 5.79. The molecule has 2 rings (SSSR count). The van der Waals surface area contributed by atoms with Crippen molar-refractivity contribution in [3.63, 3.8) is 0 Å². The van der Waals surface area contributed by atoms with Crippen molar-refractivity contribution in [3.8, 4) is 0 Å². The Bertz CT molecular complexity index is 353. The first-order valence-corrected chi connectivity index (χ1v) is 10.3. The summed E-state index contributed by atoms with van der Waals surface area (Å²) < 4.78 is 11.3. The lowest BCUT2D eigenvalue weighted by atomic mass is 9.98. The van der Waals surface area contributed by atoms with E-state index in [9.17, 15) is 0 Å². The van der Waals surface area contributed by atoms with Crippen LogP contribution < -0.4 is 10.6 Å². The Morgan fingerprint density at radius 3 is 2.68 bits per heavy atom. The van der Waals surface area contributed by atoms with Crippen LogP contribution in [0.5, 0.6) is 0 Å².